The summed E-state index contributed by atoms with van der Waals surface area (Å²) in [5.74, 6) is -0.437. The largest absolute Gasteiger partial charge is 0.395 e. The summed E-state index contributed by atoms with van der Waals surface area (Å²) in [7, 11) is 0. The van der Waals surface area contributed by atoms with Gasteiger partial charge in [-0.05, 0) is 19.9 Å². The summed E-state index contributed by atoms with van der Waals surface area (Å²) < 4.78 is 36.5. The second-order valence-electron chi connectivity index (χ2n) is 2.73. The van der Waals surface area contributed by atoms with Gasteiger partial charge >= 0.3 is 6.18 Å². The summed E-state index contributed by atoms with van der Waals surface area (Å²) in [5.41, 5.74) is 3.20. The minimum atomic E-state index is -4.26. The number of halogens is 4. The third-order valence-electron chi connectivity index (χ3n) is 1.68. The second kappa shape index (κ2) is 3.63. The summed E-state index contributed by atoms with van der Waals surface area (Å²) in [6.45, 7) is 1.08. The standard InChI is InChI=1S/C6H11ClF3N/c1-5(4-7,2-3-11)6(8,9)10/h2-4,11H2,1H3. The lowest BCUT2D eigenvalue weighted by Crippen LogP contribution is -2.38. The van der Waals surface area contributed by atoms with Crippen LogP contribution in [0.3, 0.4) is 0 Å². The van der Waals surface area contributed by atoms with Gasteiger partial charge in [-0.2, -0.15) is 13.2 Å². The van der Waals surface area contributed by atoms with Crippen LogP contribution in [0.15, 0.2) is 0 Å². The van der Waals surface area contributed by atoms with Crippen LogP contribution in [0.5, 0.6) is 0 Å². The van der Waals surface area contributed by atoms with Gasteiger partial charge in [0.15, 0.2) is 0 Å². The first-order valence-corrected chi connectivity index (χ1v) is 3.73. The van der Waals surface area contributed by atoms with Gasteiger partial charge in [-0.15, -0.1) is 11.6 Å². The van der Waals surface area contributed by atoms with Gasteiger partial charge in [0.25, 0.3) is 0 Å². The van der Waals surface area contributed by atoms with Gasteiger partial charge < -0.3 is 5.73 Å². The van der Waals surface area contributed by atoms with Crippen LogP contribution in [-0.2, 0) is 0 Å². The van der Waals surface area contributed by atoms with E-state index < -0.39 is 17.5 Å². The Morgan fingerprint density at radius 1 is 1.36 bits per heavy atom. The molecule has 0 amide bonds. The first-order valence-electron chi connectivity index (χ1n) is 3.20. The maximum absolute atomic E-state index is 12.2. The van der Waals surface area contributed by atoms with Crippen LogP contribution in [0.2, 0.25) is 0 Å². The zero-order valence-electron chi connectivity index (χ0n) is 6.21. The van der Waals surface area contributed by atoms with Crippen LogP contribution >= 0.6 is 11.6 Å². The van der Waals surface area contributed by atoms with Crippen LogP contribution in [0.1, 0.15) is 13.3 Å². The maximum atomic E-state index is 12.2. The maximum Gasteiger partial charge on any atom is 0.395 e. The fraction of sp³-hybridized carbons (Fsp3) is 1.00. The number of rotatable bonds is 3. The summed E-state index contributed by atoms with van der Waals surface area (Å²) in [6.07, 6.45) is -4.38. The molecule has 0 saturated carbocycles. The fourth-order valence-electron chi connectivity index (χ4n) is 0.603. The van der Waals surface area contributed by atoms with Crippen LogP contribution < -0.4 is 5.73 Å². The molecule has 2 N–H and O–H groups in total. The van der Waals surface area contributed by atoms with E-state index >= 15 is 0 Å². The molecule has 5 heteroatoms. The summed E-state index contributed by atoms with van der Waals surface area (Å²) in [6, 6.07) is 0. The quantitative estimate of drug-likeness (QED) is 0.677. The Morgan fingerprint density at radius 2 is 1.82 bits per heavy atom. The molecule has 0 fully saturated rings. The van der Waals surface area contributed by atoms with E-state index in [0.29, 0.717) is 0 Å². The SMILES string of the molecule is CC(CCl)(CCN)C(F)(F)F. The molecule has 0 aliphatic carbocycles. The van der Waals surface area contributed by atoms with Gasteiger partial charge in [0, 0.05) is 5.88 Å². The van der Waals surface area contributed by atoms with Crippen molar-refractivity contribution in [2.24, 2.45) is 11.1 Å². The van der Waals surface area contributed by atoms with E-state index in [1.807, 2.05) is 0 Å². The van der Waals surface area contributed by atoms with E-state index in [4.69, 9.17) is 17.3 Å². The lowest BCUT2D eigenvalue weighted by Gasteiger charge is -2.29. The average molecular weight is 190 g/mol. The number of alkyl halides is 4. The summed E-state index contributed by atoms with van der Waals surface area (Å²) in [5, 5.41) is 0. The van der Waals surface area contributed by atoms with Gasteiger partial charge in [-0.3, -0.25) is 0 Å². The molecule has 0 aliphatic rings. The molecule has 0 aromatic carbocycles. The highest BCUT2D eigenvalue weighted by atomic mass is 35.5. The molecule has 1 atom stereocenters. The van der Waals surface area contributed by atoms with Gasteiger partial charge in [0.2, 0.25) is 0 Å². The highest BCUT2D eigenvalue weighted by Crippen LogP contribution is 2.41. The Hall–Kier alpha value is 0.0400. The van der Waals surface area contributed by atoms with Crippen molar-refractivity contribution in [3.63, 3.8) is 0 Å². The number of nitrogens with two attached hydrogens (primary N) is 1. The minimum absolute atomic E-state index is 0.00271. The van der Waals surface area contributed by atoms with Crippen molar-refractivity contribution >= 4 is 11.6 Å². The third kappa shape index (κ3) is 2.52. The monoisotopic (exact) mass is 189 g/mol. The van der Waals surface area contributed by atoms with Crippen molar-refractivity contribution in [2.45, 2.75) is 19.5 Å². The first kappa shape index (κ1) is 11.0. The normalized spacial score (nSPS) is 18.0. The molecule has 0 heterocycles. The highest BCUT2D eigenvalue weighted by molar-refractivity contribution is 6.18. The van der Waals surface area contributed by atoms with Gasteiger partial charge in [-0.1, -0.05) is 0 Å². The highest BCUT2D eigenvalue weighted by Gasteiger charge is 2.49. The Kier molecular flexibility index (Phi) is 3.64. The van der Waals surface area contributed by atoms with Crippen molar-refractivity contribution in [3.8, 4) is 0 Å². The topological polar surface area (TPSA) is 26.0 Å². The van der Waals surface area contributed by atoms with Gasteiger partial charge in [0.1, 0.15) is 0 Å². The lowest BCUT2D eigenvalue weighted by molar-refractivity contribution is -0.211. The Labute approximate surface area is 68.7 Å². The molecule has 0 rings (SSSR count). The van der Waals surface area contributed by atoms with Crippen molar-refractivity contribution in [3.05, 3.63) is 0 Å². The van der Waals surface area contributed by atoms with Crippen LogP contribution in [-0.4, -0.2) is 18.6 Å². The predicted molar refractivity (Wildman–Crippen MR) is 38.6 cm³/mol. The third-order valence-corrected chi connectivity index (χ3v) is 2.27. The Bertz CT molecular complexity index is 125. The molecule has 0 spiro atoms. The van der Waals surface area contributed by atoms with Crippen molar-refractivity contribution in [2.75, 3.05) is 12.4 Å². The number of hydrogen-bond acceptors (Lipinski definition) is 1. The zero-order chi connectivity index (χ0) is 9.12. The molecule has 1 unspecified atom stereocenters. The Balaban J connectivity index is 4.33. The van der Waals surface area contributed by atoms with E-state index in [0.717, 1.165) is 6.92 Å². The lowest BCUT2D eigenvalue weighted by atomic mass is 9.88. The molecule has 1 nitrogen and oxygen atoms in total. The zero-order valence-corrected chi connectivity index (χ0v) is 6.97. The second-order valence-corrected chi connectivity index (χ2v) is 3.00. The van der Waals surface area contributed by atoms with E-state index in [1.165, 1.54) is 0 Å². The molecule has 0 aromatic heterocycles. The van der Waals surface area contributed by atoms with E-state index in [2.05, 4.69) is 0 Å². The van der Waals surface area contributed by atoms with Gasteiger partial charge in [0.05, 0.1) is 5.41 Å². The molecule has 0 saturated heterocycles. The van der Waals surface area contributed by atoms with Crippen molar-refractivity contribution in [1.29, 1.82) is 0 Å². The van der Waals surface area contributed by atoms with E-state index in [1.54, 1.807) is 0 Å². The Morgan fingerprint density at radius 3 is 1.91 bits per heavy atom. The molecular formula is C6H11ClF3N. The minimum Gasteiger partial charge on any atom is -0.330 e. The summed E-state index contributed by atoms with van der Waals surface area (Å²) >= 11 is 5.20. The molecule has 11 heavy (non-hydrogen) atoms. The fourth-order valence-corrected chi connectivity index (χ4v) is 0.888. The molecular weight excluding hydrogens is 179 g/mol. The van der Waals surface area contributed by atoms with E-state index in [9.17, 15) is 13.2 Å². The molecule has 0 aromatic rings. The van der Waals surface area contributed by atoms with Crippen molar-refractivity contribution in [1.82, 2.24) is 0 Å². The van der Waals surface area contributed by atoms with Crippen LogP contribution in [0, 0.1) is 5.41 Å². The smallest absolute Gasteiger partial charge is 0.330 e. The molecule has 0 bridgehead atoms. The first-order chi connectivity index (χ1) is 4.87. The summed E-state index contributed by atoms with van der Waals surface area (Å²) in [4.78, 5) is 0. The molecule has 68 valence electrons. The van der Waals surface area contributed by atoms with Crippen molar-refractivity contribution < 1.29 is 13.2 Å². The predicted octanol–water partition coefficient (Wildman–Crippen LogP) is 2.14. The number of hydrogen-bond donors (Lipinski definition) is 1. The average Bonchev–Trinajstić information content (AvgIpc) is 1.86. The van der Waals surface area contributed by atoms with Crippen LogP contribution in [0.25, 0.3) is 0 Å². The van der Waals surface area contributed by atoms with E-state index in [-0.39, 0.29) is 13.0 Å². The van der Waals surface area contributed by atoms with Crippen LogP contribution in [0.4, 0.5) is 13.2 Å². The van der Waals surface area contributed by atoms with Gasteiger partial charge in [-0.25, -0.2) is 0 Å². The molecule has 0 aliphatic heterocycles. The molecule has 0 radical (unpaired) electrons.